The number of nitrogens with zero attached hydrogens (tertiary/aromatic N) is 1. The molecule has 2 heteroatoms. The van der Waals surface area contributed by atoms with E-state index in [-0.39, 0.29) is 0 Å². The Bertz CT molecular complexity index is 177. The molecule has 2 nitrogen and oxygen atoms in total. The van der Waals surface area contributed by atoms with Crippen LogP contribution >= 0.6 is 0 Å². The minimum Gasteiger partial charge on any atom is -0.312 e. The first-order chi connectivity index (χ1) is 6.75. The lowest BCUT2D eigenvalue weighted by molar-refractivity contribution is 0.212. The van der Waals surface area contributed by atoms with Crippen LogP contribution in [0.25, 0.3) is 0 Å². The molecular weight excluding hydrogens is 172 g/mol. The van der Waals surface area contributed by atoms with Gasteiger partial charge in [-0.1, -0.05) is 6.92 Å². The second-order valence-corrected chi connectivity index (χ2v) is 5.34. The van der Waals surface area contributed by atoms with Crippen LogP contribution in [0.2, 0.25) is 0 Å². The molecule has 2 aliphatic rings. The van der Waals surface area contributed by atoms with E-state index in [0.717, 1.165) is 17.9 Å². The van der Waals surface area contributed by atoms with Gasteiger partial charge in [0.1, 0.15) is 0 Å². The number of nitrogens with one attached hydrogen (secondary N) is 1. The maximum Gasteiger partial charge on any atom is 0.0220 e. The average molecular weight is 196 g/mol. The lowest BCUT2D eigenvalue weighted by Crippen LogP contribution is -2.47. The fourth-order valence-electron chi connectivity index (χ4n) is 2.51. The van der Waals surface area contributed by atoms with E-state index >= 15 is 0 Å². The van der Waals surface area contributed by atoms with Gasteiger partial charge in [-0.3, -0.25) is 0 Å². The van der Waals surface area contributed by atoms with Crippen molar-refractivity contribution in [1.82, 2.24) is 10.2 Å². The Morgan fingerprint density at radius 2 is 2.00 bits per heavy atom. The quantitative estimate of drug-likeness (QED) is 0.736. The fourth-order valence-corrected chi connectivity index (χ4v) is 2.51. The Morgan fingerprint density at radius 1 is 1.21 bits per heavy atom. The van der Waals surface area contributed by atoms with E-state index in [9.17, 15) is 0 Å². The first-order valence-corrected chi connectivity index (χ1v) is 6.17. The summed E-state index contributed by atoms with van der Waals surface area (Å²) < 4.78 is 0. The summed E-state index contributed by atoms with van der Waals surface area (Å²) in [5.41, 5.74) is 0. The second-order valence-electron chi connectivity index (χ2n) is 5.34. The van der Waals surface area contributed by atoms with Crippen molar-refractivity contribution < 1.29 is 0 Å². The van der Waals surface area contributed by atoms with E-state index < -0.39 is 0 Å². The minimum absolute atomic E-state index is 0.743. The summed E-state index contributed by atoms with van der Waals surface area (Å²) in [7, 11) is 2.28. The molecule has 0 aromatic rings. The van der Waals surface area contributed by atoms with Crippen molar-refractivity contribution >= 4 is 0 Å². The highest BCUT2D eigenvalue weighted by Gasteiger charge is 2.26. The van der Waals surface area contributed by atoms with Crippen LogP contribution in [-0.2, 0) is 0 Å². The molecule has 2 rings (SSSR count). The molecule has 1 saturated heterocycles. The van der Waals surface area contributed by atoms with Gasteiger partial charge in [0.2, 0.25) is 0 Å². The SMILES string of the molecule is CC1CCCNC1CN(C)CC1CC1. The van der Waals surface area contributed by atoms with Gasteiger partial charge in [-0.05, 0) is 51.1 Å². The van der Waals surface area contributed by atoms with Crippen LogP contribution in [0.4, 0.5) is 0 Å². The average Bonchev–Trinajstić information content (AvgIpc) is 2.93. The van der Waals surface area contributed by atoms with Crippen LogP contribution in [0.1, 0.15) is 32.6 Å². The monoisotopic (exact) mass is 196 g/mol. The molecule has 2 fully saturated rings. The van der Waals surface area contributed by atoms with Crippen molar-refractivity contribution in [2.45, 2.75) is 38.6 Å². The number of piperidine rings is 1. The van der Waals surface area contributed by atoms with Crippen LogP contribution in [0.3, 0.4) is 0 Å². The highest BCUT2D eigenvalue weighted by Crippen LogP contribution is 2.29. The van der Waals surface area contributed by atoms with Gasteiger partial charge < -0.3 is 10.2 Å². The van der Waals surface area contributed by atoms with Crippen molar-refractivity contribution in [2.24, 2.45) is 11.8 Å². The van der Waals surface area contributed by atoms with E-state index in [1.54, 1.807) is 0 Å². The lowest BCUT2D eigenvalue weighted by atomic mass is 9.92. The van der Waals surface area contributed by atoms with Gasteiger partial charge in [0.25, 0.3) is 0 Å². The van der Waals surface area contributed by atoms with Crippen molar-refractivity contribution in [1.29, 1.82) is 0 Å². The molecule has 0 bridgehead atoms. The molecule has 14 heavy (non-hydrogen) atoms. The van der Waals surface area contributed by atoms with Crippen LogP contribution in [0.15, 0.2) is 0 Å². The molecule has 1 aliphatic carbocycles. The predicted octanol–water partition coefficient (Wildman–Crippen LogP) is 1.72. The Morgan fingerprint density at radius 3 is 2.64 bits per heavy atom. The third kappa shape index (κ3) is 2.96. The molecule has 0 amide bonds. The van der Waals surface area contributed by atoms with Crippen molar-refractivity contribution in [2.75, 3.05) is 26.7 Å². The van der Waals surface area contributed by atoms with Crippen LogP contribution in [-0.4, -0.2) is 37.6 Å². The zero-order valence-electron chi connectivity index (χ0n) is 9.63. The van der Waals surface area contributed by atoms with Crippen LogP contribution in [0.5, 0.6) is 0 Å². The molecule has 0 spiro atoms. The summed E-state index contributed by atoms with van der Waals surface area (Å²) in [6.45, 7) is 6.19. The Labute approximate surface area is 88.1 Å². The van der Waals surface area contributed by atoms with Gasteiger partial charge in [-0.25, -0.2) is 0 Å². The molecule has 1 N–H and O–H groups in total. The van der Waals surface area contributed by atoms with Gasteiger partial charge >= 0.3 is 0 Å². The van der Waals surface area contributed by atoms with E-state index in [4.69, 9.17) is 0 Å². The van der Waals surface area contributed by atoms with E-state index in [1.807, 2.05) is 0 Å². The number of hydrogen-bond donors (Lipinski definition) is 1. The largest absolute Gasteiger partial charge is 0.312 e. The number of rotatable bonds is 4. The Kier molecular flexibility index (Phi) is 3.45. The van der Waals surface area contributed by atoms with E-state index in [1.165, 1.54) is 45.3 Å². The van der Waals surface area contributed by atoms with Gasteiger partial charge in [0, 0.05) is 19.1 Å². The lowest BCUT2D eigenvalue weighted by Gasteiger charge is -2.33. The third-order valence-electron chi connectivity index (χ3n) is 3.70. The summed E-state index contributed by atoms with van der Waals surface area (Å²) in [6.07, 6.45) is 5.72. The number of hydrogen-bond acceptors (Lipinski definition) is 2. The van der Waals surface area contributed by atoms with Crippen molar-refractivity contribution in [3.05, 3.63) is 0 Å². The standard InChI is InChI=1S/C12H24N2/c1-10-4-3-7-13-12(10)9-14(2)8-11-5-6-11/h10-13H,3-9H2,1-2H3. The van der Waals surface area contributed by atoms with Crippen molar-refractivity contribution in [3.63, 3.8) is 0 Å². The summed E-state index contributed by atoms with van der Waals surface area (Å²) in [4.78, 5) is 2.52. The minimum atomic E-state index is 0.743. The molecule has 1 heterocycles. The van der Waals surface area contributed by atoms with Gasteiger partial charge in [0.05, 0.1) is 0 Å². The smallest absolute Gasteiger partial charge is 0.0220 e. The Hall–Kier alpha value is -0.0800. The van der Waals surface area contributed by atoms with Gasteiger partial charge in [-0.2, -0.15) is 0 Å². The summed E-state index contributed by atoms with van der Waals surface area (Å²) in [5.74, 6) is 1.89. The van der Waals surface area contributed by atoms with E-state index in [2.05, 4.69) is 24.2 Å². The first-order valence-electron chi connectivity index (χ1n) is 6.17. The molecule has 1 saturated carbocycles. The third-order valence-corrected chi connectivity index (χ3v) is 3.70. The molecule has 2 atom stereocenters. The molecule has 0 aromatic carbocycles. The maximum atomic E-state index is 3.65. The highest BCUT2D eigenvalue weighted by molar-refractivity contribution is 4.83. The number of likely N-dealkylation sites (N-methyl/N-ethyl adjacent to an activating group) is 1. The summed E-state index contributed by atoms with van der Waals surface area (Å²) in [6, 6.07) is 0.743. The topological polar surface area (TPSA) is 15.3 Å². The van der Waals surface area contributed by atoms with Gasteiger partial charge in [0.15, 0.2) is 0 Å². The van der Waals surface area contributed by atoms with Crippen LogP contribution in [0, 0.1) is 11.8 Å². The summed E-state index contributed by atoms with van der Waals surface area (Å²) in [5, 5.41) is 3.65. The zero-order valence-corrected chi connectivity index (χ0v) is 9.63. The molecule has 0 radical (unpaired) electrons. The molecule has 82 valence electrons. The second kappa shape index (κ2) is 4.63. The molecular formula is C12H24N2. The maximum absolute atomic E-state index is 3.65. The molecule has 1 aliphatic heterocycles. The molecule has 0 aromatic heterocycles. The predicted molar refractivity (Wildman–Crippen MR) is 60.4 cm³/mol. The first kappa shape index (κ1) is 10.4. The van der Waals surface area contributed by atoms with Gasteiger partial charge in [-0.15, -0.1) is 0 Å². The highest BCUT2D eigenvalue weighted by atomic mass is 15.1. The van der Waals surface area contributed by atoms with Crippen LogP contribution < -0.4 is 5.32 Å². The van der Waals surface area contributed by atoms with E-state index in [0.29, 0.717) is 0 Å². The fraction of sp³-hybridized carbons (Fsp3) is 1.00. The molecule has 2 unspecified atom stereocenters. The summed E-state index contributed by atoms with van der Waals surface area (Å²) >= 11 is 0. The zero-order chi connectivity index (χ0) is 9.97. The normalized spacial score (nSPS) is 33.6. The Balaban J connectivity index is 1.70. The van der Waals surface area contributed by atoms with Crippen molar-refractivity contribution in [3.8, 4) is 0 Å².